The molecule has 0 spiro atoms. The zero-order chi connectivity index (χ0) is 10.9. The first-order valence-corrected chi connectivity index (χ1v) is 6.24. The van der Waals surface area contributed by atoms with Gasteiger partial charge in [0.15, 0.2) is 0 Å². The van der Waals surface area contributed by atoms with E-state index < -0.39 is 0 Å². The highest BCUT2D eigenvalue weighted by atomic mass is 79.9. The van der Waals surface area contributed by atoms with Crippen molar-refractivity contribution in [2.24, 2.45) is 16.9 Å². The van der Waals surface area contributed by atoms with Gasteiger partial charge < -0.3 is 11.5 Å². The largest absolute Gasteiger partial charge is 0.326 e. The maximum atomic E-state index is 6.10. The van der Waals surface area contributed by atoms with Gasteiger partial charge in [0, 0.05) is 20.8 Å². The fourth-order valence-electron chi connectivity index (χ4n) is 1.22. The predicted octanol–water partition coefficient (Wildman–Crippen LogP) is 2.88. The van der Waals surface area contributed by atoms with Crippen LogP contribution in [0.25, 0.3) is 0 Å². The molecule has 0 fully saturated rings. The second-order valence-corrected chi connectivity index (χ2v) is 6.44. The average molecular weight is 277 g/mol. The fourth-order valence-corrected chi connectivity index (χ4v) is 2.71. The number of nitrogens with two attached hydrogens (primary N) is 2. The van der Waals surface area contributed by atoms with Crippen LogP contribution in [0.5, 0.6) is 0 Å². The predicted molar refractivity (Wildman–Crippen MR) is 66.4 cm³/mol. The molecule has 2 nitrogen and oxygen atoms in total. The first-order valence-electron chi connectivity index (χ1n) is 4.57. The van der Waals surface area contributed by atoms with E-state index in [4.69, 9.17) is 11.5 Å². The van der Waals surface area contributed by atoms with Gasteiger partial charge in [-0.1, -0.05) is 20.8 Å². The molecule has 1 heterocycles. The number of halogens is 1. The number of hydrogen-bond acceptors (Lipinski definition) is 3. The summed E-state index contributed by atoms with van der Waals surface area (Å²) in [6, 6.07) is 1.94. The molecule has 80 valence electrons. The maximum absolute atomic E-state index is 6.10. The Morgan fingerprint density at radius 3 is 2.29 bits per heavy atom. The summed E-state index contributed by atoms with van der Waals surface area (Å²) in [4.78, 5) is 1.14. The molecule has 0 aromatic carbocycles. The van der Waals surface area contributed by atoms with Crippen LogP contribution in [0, 0.1) is 5.41 Å². The normalized spacial score (nSPS) is 16.7. The van der Waals surface area contributed by atoms with Gasteiger partial charge in [0.25, 0.3) is 0 Å². The molecule has 4 N–H and O–H groups in total. The van der Waals surface area contributed by atoms with Crippen molar-refractivity contribution in [3.8, 4) is 0 Å². The Kier molecular flexibility index (Phi) is 3.75. The number of rotatable bonds is 2. The molecule has 0 aliphatic heterocycles. The Morgan fingerprint density at radius 2 is 1.93 bits per heavy atom. The highest BCUT2D eigenvalue weighted by Gasteiger charge is 2.28. The molecule has 14 heavy (non-hydrogen) atoms. The standard InChI is InChI=1S/C10H17BrN2S/c1-10(2,3)9(13)8(12)7-4-6(11)5-14-7/h4-5,8-9H,12-13H2,1-3H3. The van der Waals surface area contributed by atoms with E-state index in [0.717, 1.165) is 9.35 Å². The summed E-state index contributed by atoms with van der Waals surface area (Å²) in [6.45, 7) is 6.33. The molecule has 1 rings (SSSR count). The van der Waals surface area contributed by atoms with E-state index in [2.05, 4.69) is 36.7 Å². The van der Waals surface area contributed by atoms with Gasteiger partial charge in [0.2, 0.25) is 0 Å². The van der Waals surface area contributed by atoms with Crippen LogP contribution in [0.3, 0.4) is 0 Å². The Morgan fingerprint density at radius 1 is 1.36 bits per heavy atom. The van der Waals surface area contributed by atoms with Crippen LogP contribution in [-0.4, -0.2) is 6.04 Å². The lowest BCUT2D eigenvalue weighted by Gasteiger charge is -2.31. The lowest BCUT2D eigenvalue weighted by atomic mass is 9.83. The molecule has 2 unspecified atom stereocenters. The molecule has 0 saturated carbocycles. The maximum Gasteiger partial charge on any atom is 0.0549 e. The smallest absolute Gasteiger partial charge is 0.0549 e. The molecule has 1 aromatic heterocycles. The van der Waals surface area contributed by atoms with Crippen LogP contribution in [0.15, 0.2) is 15.9 Å². The molecule has 4 heteroatoms. The van der Waals surface area contributed by atoms with Crippen LogP contribution >= 0.6 is 27.3 Å². The third kappa shape index (κ3) is 2.79. The van der Waals surface area contributed by atoms with Gasteiger partial charge in [0.05, 0.1) is 6.04 Å². The van der Waals surface area contributed by atoms with Gasteiger partial charge in [-0.25, -0.2) is 0 Å². The van der Waals surface area contributed by atoms with Crippen LogP contribution in [0.4, 0.5) is 0 Å². The zero-order valence-electron chi connectivity index (χ0n) is 8.75. The van der Waals surface area contributed by atoms with Crippen molar-refractivity contribution >= 4 is 27.3 Å². The topological polar surface area (TPSA) is 52.0 Å². The summed E-state index contributed by atoms with van der Waals surface area (Å²) < 4.78 is 1.08. The first-order chi connectivity index (χ1) is 6.32. The zero-order valence-corrected chi connectivity index (χ0v) is 11.2. The third-order valence-corrected chi connectivity index (χ3v) is 4.10. The molecule has 1 aromatic rings. The molecular weight excluding hydrogens is 260 g/mol. The first kappa shape index (κ1) is 12.2. The minimum atomic E-state index is -0.0775. The summed E-state index contributed by atoms with van der Waals surface area (Å²) in [5.41, 5.74) is 12.2. The van der Waals surface area contributed by atoms with E-state index in [1.165, 1.54) is 0 Å². The summed E-state index contributed by atoms with van der Waals surface area (Å²) >= 11 is 5.06. The lowest BCUT2D eigenvalue weighted by molar-refractivity contribution is 0.284. The van der Waals surface area contributed by atoms with E-state index in [-0.39, 0.29) is 17.5 Å². The van der Waals surface area contributed by atoms with Gasteiger partial charge >= 0.3 is 0 Å². The van der Waals surface area contributed by atoms with Crippen molar-refractivity contribution < 1.29 is 0 Å². The number of hydrogen-bond donors (Lipinski definition) is 2. The minimum absolute atomic E-state index is 0.0203. The molecule has 0 radical (unpaired) electrons. The van der Waals surface area contributed by atoms with E-state index in [1.54, 1.807) is 11.3 Å². The van der Waals surface area contributed by atoms with Crippen LogP contribution < -0.4 is 11.5 Å². The SMILES string of the molecule is CC(C)(C)C(N)C(N)c1cc(Br)cs1. The molecule has 2 atom stereocenters. The minimum Gasteiger partial charge on any atom is -0.326 e. The third-order valence-electron chi connectivity index (χ3n) is 2.30. The monoisotopic (exact) mass is 276 g/mol. The van der Waals surface area contributed by atoms with Crippen LogP contribution in [0.1, 0.15) is 31.7 Å². The van der Waals surface area contributed by atoms with Gasteiger partial charge in [-0.15, -0.1) is 11.3 Å². The number of thiophene rings is 1. The van der Waals surface area contributed by atoms with Crippen molar-refractivity contribution in [1.29, 1.82) is 0 Å². The van der Waals surface area contributed by atoms with Crippen LogP contribution in [0.2, 0.25) is 0 Å². The van der Waals surface area contributed by atoms with Crippen molar-refractivity contribution in [2.75, 3.05) is 0 Å². The van der Waals surface area contributed by atoms with Gasteiger partial charge in [-0.05, 0) is 27.4 Å². The van der Waals surface area contributed by atoms with Gasteiger partial charge in [0.1, 0.15) is 0 Å². The Labute approximate surface area is 97.8 Å². The summed E-state index contributed by atoms with van der Waals surface area (Å²) in [5.74, 6) is 0. The molecule has 0 saturated heterocycles. The highest BCUT2D eigenvalue weighted by molar-refractivity contribution is 9.10. The van der Waals surface area contributed by atoms with Crippen molar-refractivity contribution in [3.63, 3.8) is 0 Å². The Hall–Kier alpha value is 0.1000. The van der Waals surface area contributed by atoms with Crippen LogP contribution in [-0.2, 0) is 0 Å². The van der Waals surface area contributed by atoms with E-state index >= 15 is 0 Å². The molecule has 0 bridgehead atoms. The quantitative estimate of drug-likeness (QED) is 0.873. The molecular formula is C10H17BrN2S. The van der Waals surface area contributed by atoms with Crippen molar-refractivity contribution in [2.45, 2.75) is 32.9 Å². The second-order valence-electron chi connectivity index (χ2n) is 4.58. The van der Waals surface area contributed by atoms with E-state index in [1.807, 2.05) is 11.4 Å². The Bertz CT molecular complexity index is 303. The molecule has 0 aliphatic rings. The lowest BCUT2D eigenvalue weighted by Crippen LogP contribution is -2.43. The van der Waals surface area contributed by atoms with Gasteiger partial charge in [-0.3, -0.25) is 0 Å². The highest BCUT2D eigenvalue weighted by Crippen LogP contribution is 2.31. The molecule has 0 amide bonds. The van der Waals surface area contributed by atoms with Gasteiger partial charge in [-0.2, -0.15) is 0 Å². The summed E-state index contributed by atoms with van der Waals surface area (Å²) in [7, 11) is 0. The van der Waals surface area contributed by atoms with Crippen molar-refractivity contribution in [3.05, 3.63) is 20.8 Å². The molecule has 0 aliphatic carbocycles. The average Bonchev–Trinajstić information content (AvgIpc) is 2.47. The fraction of sp³-hybridized carbons (Fsp3) is 0.600. The second kappa shape index (κ2) is 4.31. The van der Waals surface area contributed by atoms with E-state index in [0.29, 0.717) is 0 Å². The summed E-state index contributed by atoms with van der Waals surface area (Å²) in [6.07, 6.45) is 0. The Balaban J connectivity index is 2.80. The van der Waals surface area contributed by atoms with E-state index in [9.17, 15) is 0 Å². The summed E-state index contributed by atoms with van der Waals surface area (Å²) in [5, 5.41) is 2.03. The van der Waals surface area contributed by atoms with Crippen molar-refractivity contribution in [1.82, 2.24) is 0 Å².